The van der Waals surface area contributed by atoms with E-state index in [9.17, 15) is 8.42 Å². The Balaban J connectivity index is 2.24. The van der Waals surface area contributed by atoms with Crippen LogP contribution in [0.5, 0.6) is 0 Å². The van der Waals surface area contributed by atoms with Gasteiger partial charge in [0.25, 0.3) is 0 Å². The summed E-state index contributed by atoms with van der Waals surface area (Å²) >= 11 is 0. The number of aryl methyl sites for hydroxylation is 1. The van der Waals surface area contributed by atoms with Crippen molar-refractivity contribution in [1.29, 1.82) is 0 Å². The van der Waals surface area contributed by atoms with Crippen LogP contribution in [0, 0.1) is 5.41 Å². The number of nitrogens with two attached hydrogens (primary N) is 1. The second-order valence-electron chi connectivity index (χ2n) is 6.62. The number of sulfonamides is 1. The first kappa shape index (κ1) is 16.3. The maximum Gasteiger partial charge on any atom is 0.240 e. The molecule has 1 saturated carbocycles. The Hall–Kier alpha value is -1.07. The van der Waals surface area contributed by atoms with Gasteiger partial charge in [0.15, 0.2) is 0 Å². The Kier molecular flexibility index (Phi) is 4.63. The van der Waals surface area contributed by atoms with E-state index in [1.807, 2.05) is 6.92 Å². The number of anilines is 1. The molecule has 3 N–H and O–H groups in total. The van der Waals surface area contributed by atoms with Gasteiger partial charge in [0.2, 0.25) is 10.0 Å². The van der Waals surface area contributed by atoms with E-state index < -0.39 is 10.0 Å². The first-order valence-corrected chi connectivity index (χ1v) is 9.15. The third-order valence-electron chi connectivity index (χ3n) is 4.61. The Morgan fingerprint density at radius 3 is 2.62 bits per heavy atom. The summed E-state index contributed by atoms with van der Waals surface area (Å²) in [4.78, 5) is 0.263. The van der Waals surface area contributed by atoms with Crippen molar-refractivity contribution in [1.82, 2.24) is 4.72 Å². The molecule has 1 aromatic rings. The van der Waals surface area contributed by atoms with Crippen molar-refractivity contribution in [3.8, 4) is 0 Å². The Morgan fingerprint density at radius 1 is 1.33 bits per heavy atom. The quantitative estimate of drug-likeness (QED) is 0.839. The highest BCUT2D eigenvalue weighted by Crippen LogP contribution is 2.36. The maximum absolute atomic E-state index is 12.6. The maximum atomic E-state index is 12.6. The fourth-order valence-electron chi connectivity index (χ4n) is 3.03. The molecule has 1 fully saturated rings. The highest BCUT2D eigenvalue weighted by atomic mass is 32.2. The summed E-state index contributed by atoms with van der Waals surface area (Å²) in [7, 11) is -3.51. The van der Waals surface area contributed by atoms with Gasteiger partial charge in [-0.2, -0.15) is 0 Å². The number of hydrogen-bond acceptors (Lipinski definition) is 3. The van der Waals surface area contributed by atoms with Gasteiger partial charge < -0.3 is 5.73 Å². The lowest BCUT2D eigenvalue weighted by molar-refractivity contribution is 0.188. The lowest BCUT2D eigenvalue weighted by Gasteiger charge is -2.38. The fraction of sp³-hybridized carbons (Fsp3) is 0.625. The van der Waals surface area contributed by atoms with Gasteiger partial charge in [-0.15, -0.1) is 0 Å². The molecule has 1 aliphatic carbocycles. The van der Waals surface area contributed by atoms with E-state index in [-0.39, 0.29) is 16.4 Å². The van der Waals surface area contributed by atoms with E-state index in [1.165, 1.54) is 6.42 Å². The van der Waals surface area contributed by atoms with Crippen molar-refractivity contribution in [2.24, 2.45) is 5.41 Å². The van der Waals surface area contributed by atoms with Gasteiger partial charge in [-0.1, -0.05) is 39.7 Å². The van der Waals surface area contributed by atoms with Crippen LogP contribution in [-0.4, -0.2) is 14.5 Å². The van der Waals surface area contributed by atoms with Crippen molar-refractivity contribution < 1.29 is 8.42 Å². The van der Waals surface area contributed by atoms with Crippen molar-refractivity contribution in [3.63, 3.8) is 0 Å². The van der Waals surface area contributed by atoms with Crippen LogP contribution in [0.25, 0.3) is 0 Å². The lowest BCUT2D eigenvalue weighted by atomic mass is 9.74. The van der Waals surface area contributed by atoms with Gasteiger partial charge >= 0.3 is 0 Å². The Morgan fingerprint density at radius 2 is 2.05 bits per heavy atom. The molecule has 0 heterocycles. The fourth-order valence-corrected chi connectivity index (χ4v) is 4.51. The zero-order valence-corrected chi connectivity index (χ0v) is 14.0. The lowest BCUT2D eigenvalue weighted by Crippen LogP contribution is -2.46. The number of rotatable bonds is 4. The van der Waals surface area contributed by atoms with Gasteiger partial charge in [0, 0.05) is 11.7 Å². The van der Waals surface area contributed by atoms with Gasteiger partial charge in [0.05, 0.1) is 4.90 Å². The van der Waals surface area contributed by atoms with Crippen LogP contribution < -0.4 is 10.5 Å². The second kappa shape index (κ2) is 5.97. The largest absolute Gasteiger partial charge is 0.398 e. The molecule has 21 heavy (non-hydrogen) atoms. The predicted octanol–water partition coefficient (Wildman–Crippen LogP) is 3.08. The van der Waals surface area contributed by atoms with Crippen LogP contribution in [0.3, 0.4) is 0 Å². The molecule has 0 saturated heterocycles. The number of nitrogen functional groups attached to an aromatic ring is 1. The summed E-state index contributed by atoms with van der Waals surface area (Å²) < 4.78 is 28.0. The first-order chi connectivity index (χ1) is 9.76. The number of benzene rings is 1. The third-order valence-corrected chi connectivity index (χ3v) is 6.08. The van der Waals surface area contributed by atoms with Crippen molar-refractivity contribution in [2.75, 3.05) is 5.73 Å². The molecule has 0 amide bonds. The normalized spacial score (nSPS) is 22.1. The summed E-state index contributed by atoms with van der Waals surface area (Å²) in [6.07, 6.45) is 5.00. The molecule has 0 spiro atoms. The average molecular weight is 310 g/mol. The molecule has 4 nitrogen and oxygen atoms in total. The van der Waals surface area contributed by atoms with E-state index in [2.05, 4.69) is 18.6 Å². The molecule has 1 atom stereocenters. The molecule has 0 aromatic heterocycles. The Labute approximate surface area is 128 Å². The van der Waals surface area contributed by atoms with Gasteiger partial charge in [-0.25, -0.2) is 13.1 Å². The van der Waals surface area contributed by atoms with Crippen molar-refractivity contribution >= 4 is 15.7 Å². The Bertz CT molecular complexity index is 609. The monoisotopic (exact) mass is 310 g/mol. The molecule has 2 rings (SSSR count). The van der Waals surface area contributed by atoms with Gasteiger partial charge in [-0.05, 0) is 42.4 Å². The average Bonchev–Trinajstić information content (AvgIpc) is 2.41. The minimum atomic E-state index is -3.51. The highest BCUT2D eigenvalue weighted by Gasteiger charge is 2.35. The molecule has 0 radical (unpaired) electrons. The summed E-state index contributed by atoms with van der Waals surface area (Å²) in [6.45, 7) is 6.27. The van der Waals surface area contributed by atoms with Crippen LogP contribution in [-0.2, 0) is 16.4 Å². The molecule has 1 aromatic carbocycles. The summed E-state index contributed by atoms with van der Waals surface area (Å²) in [5, 5.41) is 0. The summed E-state index contributed by atoms with van der Waals surface area (Å²) in [6, 6.07) is 5.00. The van der Waals surface area contributed by atoms with Crippen LogP contribution >= 0.6 is 0 Å². The number of nitrogens with one attached hydrogen (secondary N) is 1. The van der Waals surface area contributed by atoms with E-state index >= 15 is 0 Å². The second-order valence-corrected chi connectivity index (χ2v) is 8.34. The van der Waals surface area contributed by atoms with E-state index in [0.29, 0.717) is 5.69 Å². The van der Waals surface area contributed by atoms with E-state index in [4.69, 9.17) is 5.73 Å². The van der Waals surface area contributed by atoms with Crippen LogP contribution in [0.2, 0.25) is 0 Å². The molecule has 0 aliphatic heterocycles. The van der Waals surface area contributed by atoms with Crippen LogP contribution in [0.15, 0.2) is 23.1 Å². The predicted molar refractivity (Wildman–Crippen MR) is 86.6 cm³/mol. The minimum Gasteiger partial charge on any atom is -0.398 e. The summed E-state index contributed by atoms with van der Waals surface area (Å²) in [5.74, 6) is 0. The smallest absolute Gasteiger partial charge is 0.240 e. The summed E-state index contributed by atoms with van der Waals surface area (Å²) in [5.41, 5.74) is 7.45. The molecule has 118 valence electrons. The topological polar surface area (TPSA) is 72.2 Å². The molecular formula is C16H26N2O2S. The van der Waals surface area contributed by atoms with E-state index in [1.54, 1.807) is 18.2 Å². The van der Waals surface area contributed by atoms with Gasteiger partial charge in [-0.3, -0.25) is 0 Å². The molecule has 0 bridgehead atoms. The first-order valence-electron chi connectivity index (χ1n) is 7.67. The zero-order valence-electron chi connectivity index (χ0n) is 13.1. The van der Waals surface area contributed by atoms with Gasteiger partial charge in [0.1, 0.15) is 0 Å². The molecule has 1 aliphatic rings. The van der Waals surface area contributed by atoms with Crippen LogP contribution in [0.1, 0.15) is 52.0 Å². The standard InChI is InChI=1S/C16H26N2O2S/c1-4-12-8-9-13(11-14(12)17)21(19,20)18-15-7-5-6-10-16(15,2)3/h8-9,11,15,18H,4-7,10,17H2,1-3H3. The van der Waals surface area contributed by atoms with Crippen molar-refractivity contribution in [2.45, 2.75) is 63.8 Å². The van der Waals surface area contributed by atoms with Crippen molar-refractivity contribution in [3.05, 3.63) is 23.8 Å². The molecule has 5 heteroatoms. The highest BCUT2D eigenvalue weighted by molar-refractivity contribution is 7.89. The van der Waals surface area contributed by atoms with Crippen LogP contribution in [0.4, 0.5) is 5.69 Å². The zero-order chi connectivity index (χ0) is 15.7. The SMILES string of the molecule is CCc1ccc(S(=O)(=O)NC2CCCCC2(C)C)cc1N. The molecule has 1 unspecified atom stereocenters. The third kappa shape index (κ3) is 3.58. The minimum absolute atomic E-state index is 0.000222. The van der Waals surface area contributed by atoms with E-state index in [0.717, 1.165) is 31.2 Å². The number of hydrogen-bond donors (Lipinski definition) is 2. The molecular weight excluding hydrogens is 284 g/mol.